The molecule has 25 heavy (non-hydrogen) atoms. The monoisotopic (exact) mass is 337 g/mol. The molecule has 2 aromatic rings. The summed E-state index contributed by atoms with van der Waals surface area (Å²) < 4.78 is 5.24. The van der Waals surface area contributed by atoms with Gasteiger partial charge in [-0.3, -0.25) is 10.1 Å². The van der Waals surface area contributed by atoms with Crippen molar-refractivity contribution in [2.75, 3.05) is 0 Å². The Hall–Kier alpha value is -2.88. The molecule has 4 nitrogen and oxygen atoms in total. The van der Waals surface area contributed by atoms with Crippen molar-refractivity contribution in [2.45, 2.75) is 32.8 Å². The Labute approximate surface area is 148 Å². The largest absolute Gasteiger partial charge is 0.444 e. The summed E-state index contributed by atoms with van der Waals surface area (Å²) in [5.41, 5.74) is 2.13. The molecule has 0 heterocycles. The third kappa shape index (κ3) is 6.63. The van der Waals surface area contributed by atoms with Gasteiger partial charge in [-0.1, -0.05) is 74.0 Å². The first-order valence-electron chi connectivity index (χ1n) is 8.46. The zero-order valence-electron chi connectivity index (χ0n) is 14.4. The number of benzene rings is 2. The van der Waals surface area contributed by atoms with Gasteiger partial charge in [0.25, 0.3) is 0 Å². The van der Waals surface area contributed by atoms with Crippen molar-refractivity contribution in [1.82, 2.24) is 5.32 Å². The molecule has 0 aliphatic heterocycles. The zero-order valence-corrected chi connectivity index (χ0v) is 14.4. The summed E-state index contributed by atoms with van der Waals surface area (Å²) in [5, 5.41) is 2.69. The molecule has 2 aromatic carbocycles. The van der Waals surface area contributed by atoms with Crippen molar-refractivity contribution >= 4 is 17.6 Å². The number of hydrogen-bond acceptors (Lipinski definition) is 3. The van der Waals surface area contributed by atoms with Gasteiger partial charge in [0.1, 0.15) is 6.61 Å². The molecule has 0 saturated carbocycles. The van der Waals surface area contributed by atoms with Gasteiger partial charge in [-0.2, -0.15) is 0 Å². The minimum absolute atomic E-state index is 0.0101. The van der Waals surface area contributed by atoms with E-state index in [1.807, 2.05) is 67.6 Å². The molecule has 0 aliphatic carbocycles. The third-order valence-electron chi connectivity index (χ3n) is 3.62. The normalized spacial score (nSPS) is 11.0. The molecule has 0 atom stereocenters. The van der Waals surface area contributed by atoms with Gasteiger partial charge in [0, 0.05) is 12.5 Å². The summed E-state index contributed by atoms with van der Waals surface area (Å²) in [6.07, 6.45) is 3.15. The van der Waals surface area contributed by atoms with E-state index in [0.29, 0.717) is 12.1 Å². The molecule has 0 saturated heterocycles. The smallest absolute Gasteiger partial charge is 0.411 e. The number of hydrogen-bond donors (Lipinski definition) is 1. The lowest BCUT2D eigenvalue weighted by molar-refractivity contribution is -0.114. The maximum Gasteiger partial charge on any atom is 0.411 e. The lowest BCUT2D eigenvalue weighted by Gasteiger charge is -2.11. The van der Waals surface area contributed by atoms with Gasteiger partial charge in [-0.05, 0) is 17.5 Å². The molecular weight excluding hydrogens is 314 g/mol. The Kier molecular flexibility index (Phi) is 7.44. The van der Waals surface area contributed by atoms with Crippen LogP contribution in [-0.4, -0.2) is 11.9 Å². The fourth-order valence-corrected chi connectivity index (χ4v) is 2.26. The van der Waals surface area contributed by atoms with Crippen molar-refractivity contribution in [3.63, 3.8) is 0 Å². The number of alkyl carbamates (subject to hydrolysis) is 1. The Morgan fingerprint density at radius 3 is 2.28 bits per heavy atom. The lowest BCUT2D eigenvalue weighted by atomic mass is 10.1. The number of ether oxygens (including phenoxy) is 1. The van der Waals surface area contributed by atoms with E-state index in [1.165, 1.54) is 6.08 Å². The first-order valence-corrected chi connectivity index (χ1v) is 8.46. The molecule has 0 spiro atoms. The highest BCUT2D eigenvalue weighted by molar-refractivity contribution is 5.98. The molecule has 4 heteroatoms. The predicted molar refractivity (Wildman–Crippen MR) is 98.7 cm³/mol. The van der Waals surface area contributed by atoms with E-state index < -0.39 is 6.09 Å². The zero-order chi connectivity index (χ0) is 17.9. The summed E-state index contributed by atoms with van der Waals surface area (Å²) in [7, 11) is 0. The average molecular weight is 337 g/mol. The summed E-state index contributed by atoms with van der Waals surface area (Å²) in [4.78, 5) is 24.2. The summed E-state index contributed by atoms with van der Waals surface area (Å²) in [6, 6.07) is 18.7. The second-order valence-corrected chi connectivity index (χ2v) is 5.68. The van der Waals surface area contributed by atoms with E-state index in [4.69, 9.17) is 4.74 Å². The van der Waals surface area contributed by atoms with E-state index in [0.717, 1.165) is 24.0 Å². The van der Waals surface area contributed by atoms with Crippen LogP contribution in [0.4, 0.5) is 4.79 Å². The number of rotatable bonds is 8. The van der Waals surface area contributed by atoms with Crippen LogP contribution >= 0.6 is 0 Å². The second-order valence-electron chi connectivity index (χ2n) is 5.68. The van der Waals surface area contributed by atoms with Crippen LogP contribution in [0.1, 0.15) is 37.3 Å². The van der Waals surface area contributed by atoms with Crippen molar-refractivity contribution in [1.29, 1.82) is 0 Å². The van der Waals surface area contributed by atoms with E-state index in [2.05, 4.69) is 5.32 Å². The fourth-order valence-electron chi connectivity index (χ4n) is 2.26. The highest BCUT2D eigenvalue weighted by Gasteiger charge is 2.10. The van der Waals surface area contributed by atoms with E-state index in [-0.39, 0.29) is 12.4 Å². The number of allylic oxidation sites excluding steroid dienone is 1. The topological polar surface area (TPSA) is 55.4 Å². The van der Waals surface area contributed by atoms with Crippen LogP contribution in [0, 0.1) is 0 Å². The van der Waals surface area contributed by atoms with Crippen molar-refractivity contribution < 1.29 is 14.3 Å². The molecule has 0 aromatic heterocycles. The molecule has 0 bridgehead atoms. The van der Waals surface area contributed by atoms with Crippen molar-refractivity contribution in [2.24, 2.45) is 0 Å². The van der Waals surface area contributed by atoms with E-state index in [1.54, 1.807) is 0 Å². The van der Waals surface area contributed by atoms with Crippen LogP contribution in [0.5, 0.6) is 0 Å². The summed E-state index contributed by atoms with van der Waals surface area (Å²) in [5.74, 6) is -0.0101. The van der Waals surface area contributed by atoms with Crippen LogP contribution in [0.25, 0.3) is 5.70 Å². The first kappa shape index (κ1) is 18.5. The van der Waals surface area contributed by atoms with Gasteiger partial charge in [0.15, 0.2) is 5.78 Å². The number of carbonyl (C=O) groups excluding carboxylic acids is 2. The van der Waals surface area contributed by atoms with Gasteiger partial charge in [0.2, 0.25) is 0 Å². The maximum absolute atomic E-state index is 12.1. The van der Waals surface area contributed by atoms with E-state index >= 15 is 0 Å². The summed E-state index contributed by atoms with van der Waals surface area (Å²) >= 11 is 0. The summed E-state index contributed by atoms with van der Waals surface area (Å²) in [6.45, 7) is 2.22. The number of unbranched alkanes of at least 4 members (excludes halogenated alkanes) is 1. The minimum Gasteiger partial charge on any atom is -0.444 e. The standard InChI is InChI=1S/C21H23NO3/c1-2-3-14-19(23)15-20(18-12-8-5-9-13-18)22-21(24)25-16-17-10-6-4-7-11-17/h4-13,15H,2-3,14,16H2,1H3,(H,22,24)/b20-15-. The van der Waals surface area contributed by atoms with Crippen LogP contribution in [0.15, 0.2) is 66.7 Å². The van der Waals surface area contributed by atoms with Gasteiger partial charge < -0.3 is 4.74 Å². The van der Waals surface area contributed by atoms with Gasteiger partial charge in [-0.15, -0.1) is 0 Å². The van der Waals surface area contributed by atoms with Gasteiger partial charge >= 0.3 is 6.09 Å². The predicted octanol–water partition coefficient (Wildman–Crippen LogP) is 4.71. The van der Waals surface area contributed by atoms with Crippen LogP contribution < -0.4 is 5.32 Å². The van der Waals surface area contributed by atoms with Gasteiger partial charge in [-0.25, -0.2) is 4.79 Å². The Morgan fingerprint density at radius 1 is 1.00 bits per heavy atom. The van der Waals surface area contributed by atoms with E-state index in [9.17, 15) is 9.59 Å². The van der Waals surface area contributed by atoms with Crippen LogP contribution in [0.2, 0.25) is 0 Å². The fraction of sp³-hybridized carbons (Fsp3) is 0.238. The number of nitrogens with one attached hydrogen (secondary N) is 1. The SMILES string of the molecule is CCCCC(=O)/C=C(\NC(=O)OCc1ccccc1)c1ccccc1. The van der Waals surface area contributed by atoms with Crippen molar-refractivity contribution in [3.05, 3.63) is 77.9 Å². The number of ketones is 1. The molecule has 0 fully saturated rings. The molecule has 0 unspecified atom stereocenters. The average Bonchev–Trinajstić information content (AvgIpc) is 2.66. The number of amides is 1. The highest BCUT2D eigenvalue weighted by Crippen LogP contribution is 2.13. The molecule has 0 radical (unpaired) electrons. The highest BCUT2D eigenvalue weighted by atomic mass is 16.5. The Bertz CT molecular complexity index is 708. The first-order chi connectivity index (χ1) is 12.2. The maximum atomic E-state index is 12.1. The Balaban J connectivity index is 2.03. The molecule has 130 valence electrons. The van der Waals surface area contributed by atoms with Crippen LogP contribution in [-0.2, 0) is 16.1 Å². The number of carbonyl (C=O) groups is 2. The second kappa shape index (κ2) is 10.1. The molecule has 1 amide bonds. The quantitative estimate of drug-likeness (QED) is 0.710. The minimum atomic E-state index is -0.581. The van der Waals surface area contributed by atoms with Crippen molar-refractivity contribution in [3.8, 4) is 0 Å². The third-order valence-corrected chi connectivity index (χ3v) is 3.62. The molecule has 2 rings (SSSR count). The van der Waals surface area contributed by atoms with Gasteiger partial charge in [0.05, 0.1) is 5.70 Å². The Morgan fingerprint density at radius 2 is 1.64 bits per heavy atom. The van der Waals surface area contributed by atoms with Crippen LogP contribution in [0.3, 0.4) is 0 Å². The molecular formula is C21H23NO3. The lowest BCUT2D eigenvalue weighted by Crippen LogP contribution is -2.23. The molecule has 0 aliphatic rings. The molecule has 1 N–H and O–H groups in total.